The summed E-state index contributed by atoms with van der Waals surface area (Å²) in [5, 5.41) is 10.7. The number of hydrogen-bond acceptors (Lipinski definition) is 4. The standard InChI is InChI=1S/C10H12BrN3O2/c1-6-2-10(13-4-7(12)5-13)8(11)3-9(6)14(15)16/h2-3,7H,4-5,12H2,1H3. The highest BCUT2D eigenvalue weighted by Gasteiger charge is 2.26. The quantitative estimate of drug-likeness (QED) is 0.664. The topological polar surface area (TPSA) is 72.4 Å². The molecule has 1 aromatic carbocycles. The van der Waals surface area contributed by atoms with Gasteiger partial charge >= 0.3 is 0 Å². The Labute approximate surface area is 102 Å². The summed E-state index contributed by atoms with van der Waals surface area (Å²) in [7, 11) is 0. The van der Waals surface area contributed by atoms with Gasteiger partial charge in [0.1, 0.15) is 0 Å². The van der Waals surface area contributed by atoms with Crippen molar-refractivity contribution in [1.29, 1.82) is 0 Å². The van der Waals surface area contributed by atoms with Crippen LogP contribution >= 0.6 is 15.9 Å². The van der Waals surface area contributed by atoms with E-state index in [0.717, 1.165) is 23.2 Å². The fraction of sp³-hybridized carbons (Fsp3) is 0.400. The van der Waals surface area contributed by atoms with Gasteiger partial charge < -0.3 is 10.6 Å². The van der Waals surface area contributed by atoms with Crippen molar-refractivity contribution in [2.24, 2.45) is 5.73 Å². The highest BCUT2D eigenvalue weighted by Crippen LogP contribution is 2.34. The van der Waals surface area contributed by atoms with Gasteiger partial charge in [-0.3, -0.25) is 10.1 Å². The van der Waals surface area contributed by atoms with Crippen LogP contribution in [0.3, 0.4) is 0 Å². The van der Waals surface area contributed by atoms with E-state index >= 15 is 0 Å². The minimum Gasteiger partial charge on any atom is -0.367 e. The average molecular weight is 286 g/mol. The molecule has 0 unspecified atom stereocenters. The number of rotatable bonds is 2. The first-order valence-corrected chi connectivity index (χ1v) is 5.73. The molecule has 1 heterocycles. The Hall–Kier alpha value is -1.14. The van der Waals surface area contributed by atoms with Crippen molar-refractivity contribution in [2.75, 3.05) is 18.0 Å². The summed E-state index contributed by atoms with van der Waals surface area (Å²) in [5.41, 5.74) is 7.49. The lowest BCUT2D eigenvalue weighted by atomic mass is 10.1. The summed E-state index contributed by atoms with van der Waals surface area (Å²) in [6, 6.07) is 3.59. The number of aryl methyl sites for hydroxylation is 1. The van der Waals surface area contributed by atoms with E-state index in [-0.39, 0.29) is 16.7 Å². The van der Waals surface area contributed by atoms with Crippen molar-refractivity contribution in [2.45, 2.75) is 13.0 Å². The minimum absolute atomic E-state index is 0.139. The predicted octanol–water partition coefficient (Wildman–Crippen LogP) is 1.81. The van der Waals surface area contributed by atoms with Gasteiger partial charge in [-0.15, -0.1) is 0 Å². The second-order valence-electron chi connectivity index (χ2n) is 4.01. The van der Waals surface area contributed by atoms with Crippen molar-refractivity contribution in [1.82, 2.24) is 0 Å². The zero-order chi connectivity index (χ0) is 11.9. The number of nitrogens with zero attached hydrogens (tertiary/aromatic N) is 2. The van der Waals surface area contributed by atoms with E-state index in [2.05, 4.69) is 20.8 Å². The van der Waals surface area contributed by atoms with Gasteiger partial charge in [0.25, 0.3) is 5.69 Å². The molecule has 0 aliphatic carbocycles. The minimum atomic E-state index is -0.369. The maximum atomic E-state index is 10.7. The smallest absolute Gasteiger partial charge is 0.273 e. The molecule has 1 aliphatic heterocycles. The summed E-state index contributed by atoms with van der Waals surface area (Å²) in [6.45, 7) is 3.35. The second kappa shape index (κ2) is 4.03. The molecule has 0 bridgehead atoms. The molecular weight excluding hydrogens is 274 g/mol. The van der Waals surface area contributed by atoms with Crippen molar-refractivity contribution in [3.8, 4) is 0 Å². The highest BCUT2D eigenvalue weighted by molar-refractivity contribution is 9.10. The van der Waals surface area contributed by atoms with E-state index in [4.69, 9.17) is 5.73 Å². The van der Waals surface area contributed by atoms with Gasteiger partial charge in [0, 0.05) is 35.2 Å². The fourth-order valence-electron chi connectivity index (χ4n) is 1.80. The Balaban J connectivity index is 2.34. The normalized spacial score (nSPS) is 16.1. The Kier molecular flexibility index (Phi) is 2.86. The van der Waals surface area contributed by atoms with Crippen LogP contribution in [0.5, 0.6) is 0 Å². The Morgan fingerprint density at radius 1 is 1.56 bits per heavy atom. The number of halogens is 1. The molecule has 0 amide bonds. The van der Waals surface area contributed by atoms with Crippen molar-refractivity contribution in [3.05, 3.63) is 32.3 Å². The molecule has 2 rings (SSSR count). The lowest BCUT2D eigenvalue weighted by Gasteiger charge is -2.39. The third kappa shape index (κ3) is 1.90. The molecule has 0 saturated carbocycles. The highest BCUT2D eigenvalue weighted by atomic mass is 79.9. The fourth-order valence-corrected chi connectivity index (χ4v) is 2.39. The van der Waals surface area contributed by atoms with E-state index < -0.39 is 0 Å². The summed E-state index contributed by atoms with van der Waals surface area (Å²) in [4.78, 5) is 12.5. The summed E-state index contributed by atoms with van der Waals surface area (Å²) < 4.78 is 0.747. The number of hydrogen-bond donors (Lipinski definition) is 1. The molecule has 0 spiro atoms. The predicted molar refractivity (Wildman–Crippen MR) is 65.7 cm³/mol. The molecule has 0 atom stereocenters. The SMILES string of the molecule is Cc1cc(N2CC(N)C2)c(Br)cc1[N+](=O)[O-]. The first-order chi connectivity index (χ1) is 7.49. The molecular formula is C10H12BrN3O2. The van der Waals surface area contributed by atoms with Crippen LogP contribution in [0.15, 0.2) is 16.6 Å². The summed E-state index contributed by atoms with van der Waals surface area (Å²) in [6.07, 6.45) is 0. The number of nitrogens with two attached hydrogens (primary N) is 1. The van der Waals surface area contributed by atoms with Crippen LogP contribution in [-0.4, -0.2) is 24.1 Å². The zero-order valence-corrected chi connectivity index (χ0v) is 10.4. The first kappa shape index (κ1) is 11.3. The molecule has 0 aromatic heterocycles. The number of nitro groups is 1. The van der Waals surface area contributed by atoms with Gasteiger partial charge in [-0.05, 0) is 28.9 Å². The molecule has 5 nitrogen and oxygen atoms in total. The van der Waals surface area contributed by atoms with Crippen molar-refractivity contribution in [3.63, 3.8) is 0 Å². The molecule has 1 fully saturated rings. The molecule has 6 heteroatoms. The Morgan fingerprint density at radius 3 is 2.69 bits per heavy atom. The van der Waals surface area contributed by atoms with Gasteiger partial charge in [-0.1, -0.05) is 0 Å². The lowest BCUT2D eigenvalue weighted by molar-refractivity contribution is -0.385. The number of benzene rings is 1. The summed E-state index contributed by atoms with van der Waals surface area (Å²) in [5.74, 6) is 0. The zero-order valence-electron chi connectivity index (χ0n) is 8.81. The average Bonchev–Trinajstić information content (AvgIpc) is 2.16. The van der Waals surface area contributed by atoms with Crippen LogP contribution in [-0.2, 0) is 0 Å². The van der Waals surface area contributed by atoms with E-state index in [1.165, 1.54) is 0 Å². The third-order valence-electron chi connectivity index (χ3n) is 2.71. The molecule has 1 aliphatic rings. The van der Waals surface area contributed by atoms with Gasteiger partial charge in [0.15, 0.2) is 0 Å². The van der Waals surface area contributed by atoms with Gasteiger partial charge in [0.2, 0.25) is 0 Å². The van der Waals surface area contributed by atoms with Crippen molar-refractivity contribution < 1.29 is 4.92 Å². The van der Waals surface area contributed by atoms with E-state index in [0.29, 0.717) is 5.56 Å². The lowest BCUT2D eigenvalue weighted by Crippen LogP contribution is -2.56. The van der Waals surface area contributed by atoms with Gasteiger partial charge in [-0.25, -0.2) is 0 Å². The van der Waals surface area contributed by atoms with E-state index in [1.807, 2.05) is 6.07 Å². The van der Waals surface area contributed by atoms with Crippen LogP contribution in [0, 0.1) is 17.0 Å². The molecule has 0 radical (unpaired) electrons. The maximum Gasteiger partial charge on any atom is 0.273 e. The Morgan fingerprint density at radius 2 is 2.19 bits per heavy atom. The van der Waals surface area contributed by atoms with Crippen LogP contribution in [0.4, 0.5) is 11.4 Å². The first-order valence-electron chi connectivity index (χ1n) is 4.94. The monoisotopic (exact) mass is 285 g/mol. The largest absolute Gasteiger partial charge is 0.367 e. The molecule has 1 saturated heterocycles. The van der Waals surface area contributed by atoms with Crippen LogP contribution in [0.2, 0.25) is 0 Å². The Bertz CT molecular complexity index is 444. The van der Waals surface area contributed by atoms with Gasteiger partial charge in [-0.2, -0.15) is 0 Å². The molecule has 2 N–H and O–H groups in total. The maximum absolute atomic E-state index is 10.7. The molecule has 86 valence electrons. The summed E-state index contributed by atoms with van der Waals surface area (Å²) >= 11 is 3.36. The van der Waals surface area contributed by atoms with Crippen LogP contribution < -0.4 is 10.6 Å². The number of anilines is 1. The molecule has 1 aromatic rings. The second-order valence-corrected chi connectivity index (χ2v) is 4.87. The van der Waals surface area contributed by atoms with Gasteiger partial charge in [0.05, 0.1) is 10.6 Å². The third-order valence-corrected chi connectivity index (χ3v) is 3.35. The van der Waals surface area contributed by atoms with E-state index in [1.54, 1.807) is 13.0 Å². The molecule has 16 heavy (non-hydrogen) atoms. The van der Waals surface area contributed by atoms with Crippen molar-refractivity contribution >= 4 is 27.3 Å². The number of nitro benzene ring substituents is 1. The van der Waals surface area contributed by atoms with E-state index in [9.17, 15) is 10.1 Å². The van der Waals surface area contributed by atoms with Crippen LogP contribution in [0.1, 0.15) is 5.56 Å². The van der Waals surface area contributed by atoms with Crippen LogP contribution in [0.25, 0.3) is 0 Å².